The number of aromatic nitrogens is 1. The summed E-state index contributed by atoms with van der Waals surface area (Å²) in [6, 6.07) is 3.32. The Balaban J connectivity index is 2.28. The molecule has 0 spiro atoms. The number of carboxylic acid groups (broad SMARTS) is 1. The summed E-state index contributed by atoms with van der Waals surface area (Å²) in [5.74, 6) is -2.54. The predicted molar refractivity (Wildman–Crippen MR) is 62.8 cm³/mol. The average Bonchev–Trinajstić information content (AvgIpc) is 2.66. The fraction of sp³-hybridized carbons (Fsp3) is 0.0769. The topological polar surface area (TPSA) is 63.3 Å². The maximum absolute atomic E-state index is 13.5. The Morgan fingerprint density at radius 2 is 2.11 bits per heavy atom. The molecule has 0 atom stereocenters. The van der Waals surface area contributed by atoms with Crippen molar-refractivity contribution in [2.45, 2.75) is 6.42 Å². The number of aliphatic carboxylic acids is 1. The molecule has 0 radical (unpaired) electrons. The lowest BCUT2D eigenvalue weighted by molar-refractivity contribution is -0.136. The van der Waals surface area contributed by atoms with E-state index < -0.39 is 17.6 Å². The van der Waals surface area contributed by atoms with Crippen molar-refractivity contribution in [1.82, 2.24) is 4.98 Å². The number of nitrogens with zero attached hydrogens (tertiary/aromatic N) is 1. The second-order valence-electron chi connectivity index (χ2n) is 4.13. The Hall–Kier alpha value is -2.50. The van der Waals surface area contributed by atoms with Crippen LogP contribution in [0.5, 0.6) is 0 Å². The first-order chi connectivity index (χ1) is 9.04. The number of pyridine rings is 1. The van der Waals surface area contributed by atoms with Crippen molar-refractivity contribution in [3.05, 3.63) is 41.6 Å². The van der Waals surface area contributed by atoms with Crippen LogP contribution in [0.15, 0.2) is 28.8 Å². The van der Waals surface area contributed by atoms with Crippen LogP contribution in [-0.4, -0.2) is 16.1 Å². The molecule has 2 heterocycles. The number of fused-ring (bicyclic) bond motifs is 3. The van der Waals surface area contributed by atoms with Gasteiger partial charge in [0.25, 0.3) is 0 Å². The van der Waals surface area contributed by atoms with Crippen LogP contribution in [0.25, 0.3) is 22.1 Å². The van der Waals surface area contributed by atoms with Crippen LogP contribution >= 0.6 is 0 Å². The van der Waals surface area contributed by atoms with E-state index in [1.165, 1.54) is 12.3 Å². The van der Waals surface area contributed by atoms with Crippen LogP contribution in [0.4, 0.5) is 8.78 Å². The molecule has 0 bridgehead atoms. The largest absolute Gasteiger partial charge is 0.481 e. The molecule has 2 aromatic heterocycles. The summed E-state index contributed by atoms with van der Waals surface area (Å²) in [7, 11) is 0. The van der Waals surface area contributed by atoms with E-state index in [0.29, 0.717) is 11.1 Å². The summed E-state index contributed by atoms with van der Waals surface area (Å²) >= 11 is 0. The van der Waals surface area contributed by atoms with Gasteiger partial charge in [-0.3, -0.25) is 9.78 Å². The molecule has 19 heavy (non-hydrogen) atoms. The predicted octanol–water partition coefficient (Wildman–Crippen LogP) is 2.89. The minimum atomic E-state index is -1.01. The lowest BCUT2D eigenvalue weighted by Gasteiger charge is -1.95. The van der Waals surface area contributed by atoms with Crippen LogP contribution in [-0.2, 0) is 11.2 Å². The molecule has 4 nitrogen and oxygen atoms in total. The molecule has 1 aromatic carbocycles. The van der Waals surface area contributed by atoms with E-state index in [0.717, 1.165) is 12.1 Å². The van der Waals surface area contributed by atoms with Crippen LogP contribution in [0.3, 0.4) is 0 Å². The zero-order valence-electron chi connectivity index (χ0n) is 9.48. The van der Waals surface area contributed by atoms with Crippen molar-refractivity contribution in [2.24, 2.45) is 0 Å². The van der Waals surface area contributed by atoms with E-state index >= 15 is 0 Å². The number of carboxylic acids is 1. The number of hydrogen-bond acceptors (Lipinski definition) is 3. The molecule has 0 amide bonds. The van der Waals surface area contributed by atoms with Crippen molar-refractivity contribution in [3.63, 3.8) is 0 Å². The first-order valence-corrected chi connectivity index (χ1v) is 5.42. The van der Waals surface area contributed by atoms with E-state index in [9.17, 15) is 13.6 Å². The summed E-state index contributed by atoms with van der Waals surface area (Å²) in [6.45, 7) is 0. The molecule has 96 valence electrons. The van der Waals surface area contributed by atoms with Crippen LogP contribution < -0.4 is 0 Å². The lowest BCUT2D eigenvalue weighted by atomic mass is 10.2. The van der Waals surface area contributed by atoms with Crippen LogP contribution in [0.2, 0.25) is 0 Å². The molecule has 0 aliphatic heterocycles. The molecule has 3 rings (SSSR count). The normalized spacial score (nSPS) is 11.3. The maximum Gasteiger partial charge on any atom is 0.307 e. The van der Waals surface area contributed by atoms with Gasteiger partial charge in [0, 0.05) is 12.3 Å². The Kier molecular flexibility index (Phi) is 2.45. The SMILES string of the molecule is O=C(O)Cc1cnc2c(c1)oc1c(F)cc(F)cc12. The van der Waals surface area contributed by atoms with Gasteiger partial charge in [-0.25, -0.2) is 8.78 Å². The molecule has 0 saturated carbocycles. The zero-order chi connectivity index (χ0) is 13.6. The minimum absolute atomic E-state index is 0.0867. The van der Waals surface area contributed by atoms with E-state index in [1.807, 2.05) is 0 Å². The molecule has 0 fully saturated rings. The Bertz CT molecular complexity index is 810. The number of furan rings is 1. The Labute approximate surface area is 105 Å². The minimum Gasteiger partial charge on any atom is -0.481 e. The summed E-state index contributed by atoms with van der Waals surface area (Å²) < 4.78 is 32.0. The zero-order valence-corrected chi connectivity index (χ0v) is 9.48. The number of carbonyl (C=O) groups is 1. The number of rotatable bonds is 2. The van der Waals surface area contributed by atoms with Crippen molar-refractivity contribution in [2.75, 3.05) is 0 Å². The third kappa shape index (κ3) is 1.91. The highest BCUT2D eigenvalue weighted by Crippen LogP contribution is 2.30. The second-order valence-corrected chi connectivity index (χ2v) is 4.13. The van der Waals surface area contributed by atoms with Gasteiger partial charge in [0.05, 0.1) is 11.8 Å². The van der Waals surface area contributed by atoms with Crippen molar-refractivity contribution >= 4 is 28.0 Å². The number of halogens is 2. The van der Waals surface area contributed by atoms with Gasteiger partial charge in [-0.05, 0) is 17.7 Å². The van der Waals surface area contributed by atoms with Gasteiger partial charge in [0.2, 0.25) is 0 Å². The summed E-state index contributed by atoms with van der Waals surface area (Å²) in [5.41, 5.74) is 0.886. The Morgan fingerprint density at radius 3 is 2.84 bits per heavy atom. The monoisotopic (exact) mass is 263 g/mol. The van der Waals surface area contributed by atoms with Gasteiger partial charge in [0.1, 0.15) is 11.3 Å². The van der Waals surface area contributed by atoms with E-state index in [1.54, 1.807) is 0 Å². The molecular formula is C13H7F2NO3. The molecule has 6 heteroatoms. The molecule has 0 unspecified atom stereocenters. The van der Waals surface area contributed by atoms with Gasteiger partial charge in [0.15, 0.2) is 17.0 Å². The van der Waals surface area contributed by atoms with E-state index in [4.69, 9.17) is 9.52 Å². The molecule has 0 aliphatic carbocycles. The smallest absolute Gasteiger partial charge is 0.307 e. The lowest BCUT2D eigenvalue weighted by Crippen LogP contribution is -2.00. The van der Waals surface area contributed by atoms with Crippen molar-refractivity contribution < 1.29 is 23.1 Å². The highest BCUT2D eigenvalue weighted by Gasteiger charge is 2.14. The summed E-state index contributed by atoms with van der Waals surface area (Å²) in [5, 5.41) is 8.92. The summed E-state index contributed by atoms with van der Waals surface area (Å²) in [4.78, 5) is 14.6. The van der Waals surface area contributed by atoms with Crippen molar-refractivity contribution in [3.8, 4) is 0 Å². The second kappa shape index (κ2) is 4.01. The standard InChI is InChI=1S/C13H7F2NO3/c14-7-3-8-12-10(19-13(8)9(15)4-7)1-6(5-16-12)2-11(17)18/h1,3-5H,2H2,(H,17,18). The van der Waals surface area contributed by atoms with E-state index in [2.05, 4.69) is 4.98 Å². The molecular weight excluding hydrogens is 256 g/mol. The fourth-order valence-electron chi connectivity index (χ4n) is 1.99. The van der Waals surface area contributed by atoms with Gasteiger partial charge < -0.3 is 9.52 Å². The third-order valence-electron chi connectivity index (χ3n) is 2.74. The highest BCUT2D eigenvalue weighted by molar-refractivity contribution is 6.02. The van der Waals surface area contributed by atoms with Crippen molar-refractivity contribution in [1.29, 1.82) is 0 Å². The highest BCUT2D eigenvalue weighted by atomic mass is 19.1. The maximum atomic E-state index is 13.5. The average molecular weight is 263 g/mol. The first kappa shape index (κ1) is 11.6. The molecule has 3 aromatic rings. The van der Waals surface area contributed by atoms with Crippen LogP contribution in [0.1, 0.15) is 5.56 Å². The van der Waals surface area contributed by atoms with E-state index in [-0.39, 0.29) is 23.0 Å². The summed E-state index contributed by atoms with van der Waals surface area (Å²) in [6.07, 6.45) is 1.14. The molecule has 0 saturated heterocycles. The van der Waals surface area contributed by atoms with Gasteiger partial charge in [-0.1, -0.05) is 0 Å². The third-order valence-corrected chi connectivity index (χ3v) is 2.74. The number of hydrogen-bond donors (Lipinski definition) is 1. The van der Waals surface area contributed by atoms with Crippen LogP contribution in [0, 0.1) is 11.6 Å². The fourth-order valence-corrected chi connectivity index (χ4v) is 1.99. The molecule has 0 aliphatic rings. The first-order valence-electron chi connectivity index (χ1n) is 5.42. The van der Waals surface area contributed by atoms with Gasteiger partial charge in [-0.15, -0.1) is 0 Å². The Morgan fingerprint density at radius 1 is 1.32 bits per heavy atom. The quantitative estimate of drug-likeness (QED) is 0.772. The van der Waals surface area contributed by atoms with Gasteiger partial charge >= 0.3 is 5.97 Å². The van der Waals surface area contributed by atoms with Gasteiger partial charge in [-0.2, -0.15) is 0 Å². The number of benzene rings is 1. The molecule has 1 N–H and O–H groups in total.